The molecule has 1 fully saturated rings. The van der Waals surface area contributed by atoms with Gasteiger partial charge in [-0.15, -0.1) is 0 Å². The lowest BCUT2D eigenvalue weighted by Crippen LogP contribution is -2.01. The van der Waals surface area contributed by atoms with Gasteiger partial charge in [0, 0.05) is 5.56 Å². The van der Waals surface area contributed by atoms with Gasteiger partial charge in [-0.3, -0.25) is 0 Å². The lowest BCUT2D eigenvalue weighted by Gasteiger charge is -2.10. The van der Waals surface area contributed by atoms with Gasteiger partial charge in [0.2, 0.25) is 5.88 Å². The van der Waals surface area contributed by atoms with Crippen molar-refractivity contribution in [3.05, 3.63) is 30.2 Å². The van der Waals surface area contributed by atoms with Crippen LogP contribution in [-0.2, 0) is 0 Å². The number of nitrogens with two attached hydrogens (primary N) is 1. The molecule has 5 heteroatoms. The molecule has 0 radical (unpaired) electrons. The fraction of sp³-hybridized carbons (Fsp3) is 0.308. The van der Waals surface area contributed by atoms with E-state index in [0.29, 0.717) is 29.4 Å². The second-order valence-corrected chi connectivity index (χ2v) is 4.50. The minimum atomic E-state index is -0.343. The van der Waals surface area contributed by atoms with Gasteiger partial charge < -0.3 is 15.0 Å². The summed E-state index contributed by atoms with van der Waals surface area (Å²) < 4.78 is 23.8. The Bertz CT molecular complexity index is 564. The molecular weight excluding hydrogens is 235 g/mol. The molecule has 0 spiro atoms. The third-order valence-corrected chi connectivity index (χ3v) is 3.00. The normalized spacial score (nSPS) is 14.7. The van der Waals surface area contributed by atoms with Crippen LogP contribution in [0.2, 0.25) is 0 Å². The van der Waals surface area contributed by atoms with E-state index < -0.39 is 0 Å². The number of nitrogen functional groups attached to an aromatic ring is 1. The minimum Gasteiger partial charge on any atom is -0.493 e. The number of benzene rings is 1. The fourth-order valence-electron chi connectivity index (χ4n) is 1.78. The standard InChI is InChI=1S/C13H13FN2O2/c14-9-3-4-12(17-7-8-1-2-8)10(5-9)11-6-16-18-13(11)15/h3-6,8H,1-2,7,15H2. The first kappa shape index (κ1) is 11.1. The molecule has 1 aromatic carbocycles. The molecule has 0 amide bonds. The highest BCUT2D eigenvalue weighted by Crippen LogP contribution is 2.36. The molecule has 2 N–H and O–H groups in total. The topological polar surface area (TPSA) is 61.3 Å². The van der Waals surface area contributed by atoms with Crippen LogP contribution in [0.3, 0.4) is 0 Å². The average Bonchev–Trinajstić information content (AvgIpc) is 3.09. The Hall–Kier alpha value is -2.04. The van der Waals surface area contributed by atoms with E-state index in [1.165, 1.54) is 31.2 Å². The maximum absolute atomic E-state index is 13.3. The van der Waals surface area contributed by atoms with E-state index >= 15 is 0 Å². The minimum absolute atomic E-state index is 0.164. The lowest BCUT2D eigenvalue weighted by molar-refractivity contribution is 0.300. The van der Waals surface area contributed by atoms with E-state index in [-0.39, 0.29) is 11.7 Å². The Kier molecular flexibility index (Phi) is 2.66. The maximum atomic E-state index is 13.3. The molecule has 0 saturated heterocycles. The van der Waals surface area contributed by atoms with Crippen molar-refractivity contribution in [2.24, 2.45) is 5.92 Å². The first-order valence-corrected chi connectivity index (χ1v) is 5.87. The molecule has 1 heterocycles. The number of nitrogens with zero attached hydrogens (tertiary/aromatic N) is 1. The third-order valence-electron chi connectivity index (χ3n) is 3.00. The molecule has 1 saturated carbocycles. The molecule has 1 aromatic heterocycles. The quantitative estimate of drug-likeness (QED) is 0.903. The second kappa shape index (κ2) is 4.33. The first-order valence-electron chi connectivity index (χ1n) is 5.87. The molecule has 0 aliphatic heterocycles. The van der Waals surface area contributed by atoms with Crippen molar-refractivity contribution in [2.75, 3.05) is 12.3 Å². The number of ether oxygens (including phenoxy) is 1. The molecule has 3 rings (SSSR count). The highest BCUT2D eigenvalue weighted by molar-refractivity contribution is 5.76. The molecule has 0 atom stereocenters. The molecule has 0 unspecified atom stereocenters. The van der Waals surface area contributed by atoms with Gasteiger partial charge in [-0.05, 0) is 37.0 Å². The van der Waals surface area contributed by atoms with Crippen molar-refractivity contribution in [2.45, 2.75) is 12.8 Å². The van der Waals surface area contributed by atoms with E-state index in [0.717, 1.165) is 0 Å². The van der Waals surface area contributed by atoms with E-state index in [2.05, 4.69) is 5.16 Å². The highest BCUT2D eigenvalue weighted by atomic mass is 19.1. The van der Waals surface area contributed by atoms with Crippen molar-refractivity contribution >= 4 is 5.88 Å². The molecule has 1 aliphatic rings. The first-order chi connectivity index (χ1) is 8.74. The Morgan fingerprint density at radius 3 is 2.89 bits per heavy atom. The largest absolute Gasteiger partial charge is 0.493 e. The van der Waals surface area contributed by atoms with Crippen LogP contribution in [0.1, 0.15) is 12.8 Å². The number of hydrogen-bond donors (Lipinski definition) is 1. The van der Waals surface area contributed by atoms with Gasteiger partial charge in [-0.1, -0.05) is 5.16 Å². The highest BCUT2D eigenvalue weighted by Gasteiger charge is 2.23. The average molecular weight is 248 g/mol. The maximum Gasteiger partial charge on any atom is 0.230 e. The molecule has 0 bridgehead atoms. The molecule has 94 valence electrons. The summed E-state index contributed by atoms with van der Waals surface area (Å²) in [6.45, 7) is 0.657. The van der Waals surface area contributed by atoms with Crippen LogP contribution in [-0.4, -0.2) is 11.8 Å². The van der Waals surface area contributed by atoms with Gasteiger partial charge in [0.25, 0.3) is 0 Å². The van der Waals surface area contributed by atoms with Crippen LogP contribution in [0.25, 0.3) is 11.1 Å². The van der Waals surface area contributed by atoms with Gasteiger partial charge in [-0.25, -0.2) is 4.39 Å². The van der Waals surface area contributed by atoms with E-state index in [1.54, 1.807) is 6.07 Å². The number of halogens is 1. The van der Waals surface area contributed by atoms with Gasteiger partial charge in [0.15, 0.2) is 0 Å². The predicted octanol–water partition coefficient (Wildman–Crippen LogP) is 2.85. The Morgan fingerprint density at radius 1 is 1.39 bits per heavy atom. The van der Waals surface area contributed by atoms with Crippen LogP contribution < -0.4 is 10.5 Å². The molecule has 2 aromatic rings. The summed E-state index contributed by atoms with van der Waals surface area (Å²) in [5.74, 6) is 1.06. The van der Waals surface area contributed by atoms with Crippen LogP contribution in [0.15, 0.2) is 28.9 Å². The predicted molar refractivity (Wildman–Crippen MR) is 64.5 cm³/mol. The summed E-state index contributed by atoms with van der Waals surface area (Å²) >= 11 is 0. The summed E-state index contributed by atoms with van der Waals surface area (Å²) in [5.41, 5.74) is 6.79. The third kappa shape index (κ3) is 2.16. The van der Waals surface area contributed by atoms with Crippen molar-refractivity contribution in [1.29, 1.82) is 0 Å². The van der Waals surface area contributed by atoms with Crippen molar-refractivity contribution in [1.82, 2.24) is 5.16 Å². The van der Waals surface area contributed by atoms with Crippen LogP contribution >= 0.6 is 0 Å². The zero-order valence-corrected chi connectivity index (χ0v) is 9.73. The van der Waals surface area contributed by atoms with Gasteiger partial charge in [0.05, 0.1) is 18.4 Å². The summed E-state index contributed by atoms with van der Waals surface area (Å²) in [7, 11) is 0. The van der Waals surface area contributed by atoms with E-state index in [4.69, 9.17) is 15.0 Å². The van der Waals surface area contributed by atoms with Gasteiger partial charge in [-0.2, -0.15) is 0 Å². The zero-order chi connectivity index (χ0) is 12.5. The van der Waals surface area contributed by atoms with Crippen molar-refractivity contribution < 1.29 is 13.7 Å². The Balaban J connectivity index is 1.94. The van der Waals surface area contributed by atoms with Crippen molar-refractivity contribution in [3.63, 3.8) is 0 Å². The van der Waals surface area contributed by atoms with Crippen LogP contribution in [0.5, 0.6) is 5.75 Å². The fourth-order valence-corrected chi connectivity index (χ4v) is 1.78. The van der Waals surface area contributed by atoms with Crippen LogP contribution in [0, 0.1) is 11.7 Å². The smallest absolute Gasteiger partial charge is 0.230 e. The molecular formula is C13H13FN2O2. The summed E-state index contributed by atoms with van der Waals surface area (Å²) in [6.07, 6.45) is 3.87. The van der Waals surface area contributed by atoms with E-state index in [1.807, 2.05) is 0 Å². The SMILES string of the molecule is Nc1oncc1-c1cc(F)ccc1OCC1CC1. The summed E-state index contributed by atoms with van der Waals surface area (Å²) in [4.78, 5) is 0. The molecule has 4 nitrogen and oxygen atoms in total. The Labute approximate surface area is 104 Å². The van der Waals surface area contributed by atoms with Gasteiger partial charge >= 0.3 is 0 Å². The Morgan fingerprint density at radius 2 is 2.22 bits per heavy atom. The lowest BCUT2D eigenvalue weighted by atomic mass is 10.1. The number of hydrogen-bond acceptors (Lipinski definition) is 4. The second-order valence-electron chi connectivity index (χ2n) is 4.50. The number of anilines is 1. The number of aromatic nitrogens is 1. The van der Waals surface area contributed by atoms with Crippen molar-refractivity contribution in [3.8, 4) is 16.9 Å². The van der Waals surface area contributed by atoms with Crippen LogP contribution in [0.4, 0.5) is 10.3 Å². The zero-order valence-electron chi connectivity index (χ0n) is 9.73. The summed E-state index contributed by atoms with van der Waals surface area (Å²) in [5, 5.41) is 3.60. The van der Waals surface area contributed by atoms with E-state index in [9.17, 15) is 4.39 Å². The molecule has 18 heavy (non-hydrogen) atoms. The monoisotopic (exact) mass is 248 g/mol. The number of rotatable bonds is 4. The molecule has 1 aliphatic carbocycles. The van der Waals surface area contributed by atoms with Gasteiger partial charge in [0.1, 0.15) is 11.6 Å². The summed E-state index contributed by atoms with van der Waals surface area (Å²) in [6, 6.07) is 4.36.